The van der Waals surface area contributed by atoms with Crippen molar-refractivity contribution in [3.05, 3.63) is 65.2 Å². The Labute approximate surface area is 121 Å². The second-order valence-corrected chi connectivity index (χ2v) is 5.06. The lowest BCUT2D eigenvalue weighted by Crippen LogP contribution is -2.11. The van der Waals surface area contributed by atoms with Gasteiger partial charge in [-0.05, 0) is 17.7 Å². The van der Waals surface area contributed by atoms with Crippen LogP contribution in [0.25, 0.3) is 0 Å². The van der Waals surface area contributed by atoms with Gasteiger partial charge in [0, 0.05) is 11.2 Å². The van der Waals surface area contributed by atoms with Gasteiger partial charge in [-0.2, -0.15) is 0 Å². The van der Waals surface area contributed by atoms with Gasteiger partial charge in [-0.1, -0.05) is 70.0 Å². The van der Waals surface area contributed by atoms with Crippen molar-refractivity contribution < 1.29 is 4.74 Å². The van der Waals surface area contributed by atoms with E-state index in [1.807, 2.05) is 42.5 Å². The molecule has 0 amide bonds. The van der Waals surface area contributed by atoms with Crippen molar-refractivity contribution in [3.63, 3.8) is 0 Å². The molecule has 0 aliphatic heterocycles. The molecule has 18 heavy (non-hydrogen) atoms. The molecule has 2 aromatic rings. The SMILES string of the molecule is Clc1ccccc1OCC(CBr)c1ccccc1. The maximum Gasteiger partial charge on any atom is 0.137 e. The summed E-state index contributed by atoms with van der Waals surface area (Å²) in [7, 11) is 0. The third-order valence-electron chi connectivity index (χ3n) is 2.73. The third-order valence-corrected chi connectivity index (χ3v) is 3.83. The van der Waals surface area contributed by atoms with Crippen LogP contribution in [0, 0.1) is 0 Å². The van der Waals surface area contributed by atoms with Crippen LogP contribution in [-0.2, 0) is 0 Å². The zero-order valence-corrected chi connectivity index (χ0v) is 12.2. The van der Waals surface area contributed by atoms with Crippen LogP contribution < -0.4 is 4.74 Å². The van der Waals surface area contributed by atoms with Crippen molar-refractivity contribution in [2.45, 2.75) is 5.92 Å². The van der Waals surface area contributed by atoms with Crippen LogP contribution in [-0.4, -0.2) is 11.9 Å². The number of halogens is 2. The van der Waals surface area contributed by atoms with Crippen LogP contribution >= 0.6 is 27.5 Å². The summed E-state index contributed by atoms with van der Waals surface area (Å²) in [5, 5.41) is 1.51. The minimum Gasteiger partial charge on any atom is -0.491 e. The van der Waals surface area contributed by atoms with Gasteiger partial charge >= 0.3 is 0 Å². The first-order valence-corrected chi connectivity index (χ1v) is 7.29. The van der Waals surface area contributed by atoms with Gasteiger partial charge in [-0.25, -0.2) is 0 Å². The number of rotatable bonds is 5. The molecule has 3 heteroatoms. The van der Waals surface area contributed by atoms with Crippen LogP contribution in [0.3, 0.4) is 0 Å². The number of para-hydroxylation sites is 1. The van der Waals surface area contributed by atoms with Crippen LogP contribution in [0.15, 0.2) is 54.6 Å². The Morgan fingerprint density at radius 3 is 2.33 bits per heavy atom. The van der Waals surface area contributed by atoms with E-state index >= 15 is 0 Å². The molecule has 2 aromatic carbocycles. The lowest BCUT2D eigenvalue weighted by molar-refractivity contribution is 0.298. The predicted molar refractivity (Wildman–Crippen MR) is 79.9 cm³/mol. The smallest absolute Gasteiger partial charge is 0.137 e. The molecule has 94 valence electrons. The van der Waals surface area contributed by atoms with Crippen LogP contribution in [0.2, 0.25) is 5.02 Å². The molecule has 0 saturated carbocycles. The average Bonchev–Trinajstić information content (AvgIpc) is 2.42. The molecule has 0 saturated heterocycles. The van der Waals surface area contributed by atoms with Gasteiger partial charge in [-0.3, -0.25) is 0 Å². The fourth-order valence-corrected chi connectivity index (χ4v) is 2.46. The Morgan fingerprint density at radius 2 is 1.67 bits per heavy atom. The fourth-order valence-electron chi connectivity index (χ4n) is 1.71. The summed E-state index contributed by atoms with van der Waals surface area (Å²) in [4.78, 5) is 0. The highest BCUT2D eigenvalue weighted by Gasteiger charge is 2.11. The number of hydrogen-bond donors (Lipinski definition) is 0. The number of hydrogen-bond acceptors (Lipinski definition) is 1. The quantitative estimate of drug-likeness (QED) is 0.711. The highest BCUT2D eigenvalue weighted by molar-refractivity contribution is 9.09. The third kappa shape index (κ3) is 3.50. The van der Waals surface area contributed by atoms with E-state index in [4.69, 9.17) is 16.3 Å². The Kier molecular flexibility index (Phi) is 5.09. The van der Waals surface area contributed by atoms with Gasteiger partial charge in [0.15, 0.2) is 0 Å². The van der Waals surface area contributed by atoms with Crippen molar-refractivity contribution in [1.29, 1.82) is 0 Å². The van der Waals surface area contributed by atoms with Gasteiger partial charge in [0.2, 0.25) is 0 Å². The van der Waals surface area contributed by atoms with Crippen LogP contribution in [0.5, 0.6) is 5.75 Å². The summed E-state index contributed by atoms with van der Waals surface area (Å²) >= 11 is 9.59. The van der Waals surface area contributed by atoms with E-state index in [1.54, 1.807) is 0 Å². The molecule has 2 rings (SSSR count). The maximum absolute atomic E-state index is 6.06. The van der Waals surface area contributed by atoms with Crippen molar-refractivity contribution >= 4 is 27.5 Å². The van der Waals surface area contributed by atoms with Gasteiger partial charge < -0.3 is 4.74 Å². The van der Waals surface area contributed by atoms with E-state index < -0.39 is 0 Å². The lowest BCUT2D eigenvalue weighted by Gasteiger charge is -2.16. The zero-order chi connectivity index (χ0) is 12.8. The average molecular weight is 326 g/mol. The Hall–Kier alpha value is -0.990. The molecule has 0 aliphatic carbocycles. The van der Waals surface area contributed by atoms with Crippen molar-refractivity contribution in [3.8, 4) is 5.75 Å². The molecule has 1 atom stereocenters. The molecule has 1 nitrogen and oxygen atoms in total. The molecule has 0 aromatic heterocycles. The summed E-state index contributed by atoms with van der Waals surface area (Å²) in [6.07, 6.45) is 0. The van der Waals surface area contributed by atoms with E-state index in [0.29, 0.717) is 17.5 Å². The molecule has 1 unspecified atom stereocenters. The maximum atomic E-state index is 6.06. The fraction of sp³-hybridized carbons (Fsp3) is 0.200. The molecule has 0 spiro atoms. The first-order valence-electron chi connectivity index (χ1n) is 5.79. The summed E-state index contributed by atoms with van der Waals surface area (Å²) in [6.45, 7) is 0.610. The molecular weight excluding hydrogens is 312 g/mol. The second kappa shape index (κ2) is 6.81. The standard InChI is InChI=1S/C15H14BrClO/c16-10-13(12-6-2-1-3-7-12)11-18-15-9-5-4-8-14(15)17/h1-9,13H,10-11H2. The summed E-state index contributed by atoms with van der Waals surface area (Å²) in [6, 6.07) is 17.9. The minimum absolute atomic E-state index is 0.322. The molecule has 0 bridgehead atoms. The van der Waals surface area contributed by atoms with Gasteiger partial charge in [-0.15, -0.1) is 0 Å². The Bertz CT molecular complexity index is 487. The molecule has 0 radical (unpaired) electrons. The lowest BCUT2D eigenvalue weighted by atomic mass is 10.0. The Morgan fingerprint density at radius 1 is 1.00 bits per heavy atom. The molecule has 0 aliphatic rings. The van der Waals surface area contributed by atoms with E-state index in [9.17, 15) is 0 Å². The van der Waals surface area contributed by atoms with Gasteiger partial charge in [0.25, 0.3) is 0 Å². The first kappa shape index (κ1) is 13.4. The minimum atomic E-state index is 0.322. The largest absolute Gasteiger partial charge is 0.491 e. The second-order valence-electron chi connectivity index (χ2n) is 4.00. The Balaban J connectivity index is 2.02. The molecule has 0 fully saturated rings. The molecular formula is C15H14BrClO. The van der Waals surface area contributed by atoms with E-state index in [1.165, 1.54) is 5.56 Å². The van der Waals surface area contributed by atoms with E-state index in [0.717, 1.165) is 11.1 Å². The van der Waals surface area contributed by atoms with Crippen molar-refractivity contribution in [1.82, 2.24) is 0 Å². The molecule has 0 heterocycles. The normalized spacial score (nSPS) is 12.1. The summed E-state index contributed by atoms with van der Waals surface area (Å²) in [5.41, 5.74) is 1.27. The van der Waals surface area contributed by atoms with Crippen molar-refractivity contribution in [2.75, 3.05) is 11.9 Å². The topological polar surface area (TPSA) is 9.23 Å². The summed E-state index contributed by atoms with van der Waals surface area (Å²) in [5.74, 6) is 1.06. The van der Waals surface area contributed by atoms with Crippen molar-refractivity contribution in [2.24, 2.45) is 0 Å². The first-order chi connectivity index (χ1) is 8.81. The van der Waals surface area contributed by atoms with Gasteiger partial charge in [0.1, 0.15) is 5.75 Å². The number of alkyl halides is 1. The number of benzene rings is 2. The van der Waals surface area contributed by atoms with Crippen LogP contribution in [0.4, 0.5) is 0 Å². The highest BCUT2D eigenvalue weighted by atomic mass is 79.9. The predicted octanol–water partition coefficient (Wildman–Crippen LogP) is 4.90. The monoisotopic (exact) mass is 324 g/mol. The van der Waals surface area contributed by atoms with Crippen LogP contribution in [0.1, 0.15) is 11.5 Å². The van der Waals surface area contributed by atoms with E-state index in [-0.39, 0.29) is 0 Å². The summed E-state index contributed by atoms with van der Waals surface area (Å²) < 4.78 is 5.78. The zero-order valence-electron chi connectivity index (χ0n) is 9.85. The number of ether oxygens (including phenoxy) is 1. The van der Waals surface area contributed by atoms with E-state index in [2.05, 4.69) is 28.1 Å². The molecule has 0 N–H and O–H groups in total. The highest BCUT2D eigenvalue weighted by Crippen LogP contribution is 2.26. The van der Waals surface area contributed by atoms with Gasteiger partial charge in [0.05, 0.1) is 11.6 Å².